The molecule has 410 valence electrons. The highest BCUT2D eigenvalue weighted by atomic mass is 15.2. The average molecular weight is 1140 g/mol. The van der Waals surface area contributed by atoms with Crippen molar-refractivity contribution < 1.29 is 26.0 Å². The molecule has 2 heterocycles. The van der Waals surface area contributed by atoms with E-state index in [0.29, 0.717) is 44.7 Å². The zero-order valence-corrected chi connectivity index (χ0v) is 46.9. The van der Waals surface area contributed by atoms with Crippen molar-refractivity contribution >= 4 is 57.2 Å². The number of fused-ring (bicyclic) bond motifs is 7. The Bertz CT molecular complexity index is 5950. The van der Waals surface area contributed by atoms with Gasteiger partial charge in [-0.05, 0) is 119 Å². The van der Waals surface area contributed by atoms with Crippen molar-refractivity contribution in [1.82, 2.24) is 0 Å². The first-order valence-electron chi connectivity index (χ1n) is 38.5. The maximum absolute atomic E-state index is 9.90. The van der Waals surface area contributed by atoms with Crippen LogP contribution in [0.15, 0.2) is 345 Å². The SMILES string of the molecule is [2H]c1cc(-c2cccc(-c3c([2H])c([2H])c([2H])c([2H])c3[2H])c2N2c3ccc(-c4ccccc4)cc3B3c4cc(-c5ccccc5)ccc4N(c4c(-c5c([2H])c([2H])c([2H])c([2H])c5[2H])cccc4-c4c([2H])c([2H])c([2H])c([2H])c4[2H])c4cc(C5(c6ccccc6)c6ccccc6-c6ccccc65)cc2c43)c([2H])c([2H])c1[2H]. The molecule has 0 radical (unpaired) electrons. The van der Waals surface area contributed by atoms with E-state index in [9.17, 15) is 20.6 Å². The topological polar surface area (TPSA) is 6.48 Å². The summed E-state index contributed by atoms with van der Waals surface area (Å²) < 4.78 is 179. The zero-order chi connectivity index (χ0) is 74.7. The van der Waals surface area contributed by atoms with Crippen LogP contribution in [0.1, 0.15) is 48.3 Å². The average Bonchev–Trinajstić information content (AvgIpc) is 1.42. The first kappa shape index (κ1) is 35.3. The maximum Gasteiger partial charge on any atom is 0.252 e. The Morgan fingerprint density at radius 1 is 0.261 bits per heavy atom. The lowest BCUT2D eigenvalue weighted by molar-refractivity contribution is 0.768. The van der Waals surface area contributed by atoms with Gasteiger partial charge in [-0.15, -0.1) is 0 Å². The standard InChI is InChI=1S/C85H57BN2/c1-8-28-58(29-9-1)64-50-52-78-76(54-64)86-77-55-65(59-30-10-2-11-31-59)51-53-79(77)88(84-70(62-36-16-5-17-37-62)46-27-47-71(84)63-38-18-6-19-39-63)81-57-67(85(66-40-20-7-21-41-66)74-48-24-22-42-72(74)73-43-23-25-49-75(73)85)56-80(82(81)86)87(78)83-68(60-32-12-3-13-33-60)44-26-45-69(83)61-34-14-4-15-35-61/h1-57H/i3D,4D,5D,6D,12D,13D,14D,15D,16D,17D,18D,19D,32D,33D,34D,35D,36D,37D,38D. The smallest absolute Gasteiger partial charge is 0.252 e. The molecular weight excluding hydrogens is 1060 g/mol. The molecule has 2 aliphatic heterocycles. The predicted molar refractivity (Wildman–Crippen MR) is 370 cm³/mol. The lowest BCUT2D eigenvalue weighted by Crippen LogP contribution is -2.61. The van der Waals surface area contributed by atoms with Crippen molar-refractivity contribution in [2.45, 2.75) is 5.41 Å². The summed E-state index contributed by atoms with van der Waals surface area (Å²) >= 11 is 0. The van der Waals surface area contributed by atoms with Crippen molar-refractivity contribution in [2.75, 3.05) is 9.80 Å². The molecule has 3 heteroatoms. The van der Waals surface area contributed by atoms with Crippen LogP contribution in [-0.2, 0) is 5.41 Å². The molecule has 0 fully saturated rings. The number of rotatable bonds is 10. The van der Waals surface area contributed by atoms with Crippen LogP contribution in [0.3, 0.4) is 0 Å². The number of benzene rings is 14. The summed E-state index contributed by atoms with van der Waals surface area (Å²) in [6.45, 7) is -0.878. The molecular formula is C85H57BN2. The fraction of sp³-hybridized carbons (Fsp3) is 0.0118. The van der Waals surface area contributed by atoms with Crippen LogP contribution in [0.4, 0.5) is 34.1 Å². The minimum Gasteiger partial charge on any atom is -0.310 e. The molecule has 1 aliphatic carbocycles. The summed E-state index contributed by atoms with van der Waals surface area (Å²) in [5, 5.41) is 0. The molecule has 0 bridgehead atoms. The number of hydrogen-bond donors (Lipinski definition) is 0. The van der Waals surface area contributed by atoms with Crippen molar-refractivity contribution in [3.8, 4) is 77.9 Å². The van der Waals surface area contributed by atoms with E-state index >= 15 is 0 Å². The molecule has 2 nitrogen and oxygen atoms in total. The maximum atomic E-state index is 9.90. The lowest BCUT2D eigenvalue weighted by atomic mass is 9.33. The van der Waals surface area contributed by atoms with Crippen LogP contribution in [0.25, 0.3) is 77.9 Å². The van der Waals surface area contributed by atoms with Crippen molar-refractivity contribution in [1.29, 1.82) is 0 Å². The third-order valence-corrected chi connectivity index (χ3v) is 17.5. The van der Waals surface area contributed by atoms with Crippen LogP contribution < -0.4 is 26.2 Å². The Morgan fingerprint density at radius 2 is 0.636 bits per heavy atom. The predicted octanol–water partition coefficient (Wildman–Crippen LogP) is 20.1. The molecule has 0 saturated carbocycles. The molecule has 88 heavy (non-hydrogen) atoms. The second-order valence-corrected chi connectivity index (χ2v) is 22.0. The monoisotopic (exact) mass is 1140 g/mol. The van der Waals surface area contributed by atoms with E-state index in [4.69, 9.17) is 5.48 Å². The Labute approximate surface area is 542 Å². The minimum absolute atomic E-state index is 0.00417. The van der Waals surface area contributed by atoms with Gasteiger partial charge in [-0.2, -0.15) is 0 Å². The van der Waals surface area contributed by atoms with Gasteiger partial charge in [-0.1, -0.05) is 321 Å². The molecule has 0 spiro atoms. The van der Waals surface area contributed by atoms with E-state index < -0.39 is 121 Å². The Balaban J connectivity index is 1.15. The van der Waals surface area contributed by atoms with Gasteiger partial charge in [0.05, 0.1) is 42.8 Å². The van der Waals surface area contributed by atoms with E-state index in [2.05, 4.69) is 60.7 Å². The van der Waals surface area contributed by atoms with E-state index in [1.54, 1.807) is 36.4 Å². The second-order valence-electron chi connectivity index (χ2n) is 22.0. The van der Waals surface area contributed by atoms with Crippen molar-refractivity contribution in [2.24, 2.45) is 0 Å². The molecule has 0 amide bonds. The van der Waals surface area contributed by atoms with Gasteiger partial charge in [0.15, 0.2) is 0 Å². The molecule has 0 unspecified atom stereocenters. The van der Waals surface area contributed by atoms with Gasteiger partial charge in [0.2, 0.25) is 0 Å². The first-order chi connectivity index (χ1) is 51.6. The zero-order valence-electron chi connectivity index (χ0n) is 65.9. The van der Waals surface area contributed by atoms with E-state index in [0.717, 1.165) is 50.1 Å². The Hall–Kier alpha value is -11.3. The normalized spacial score (nSPS) is 16.0. The van der Waals surface area contributed by atoms with Gasteiger partial charge in [0.1, 0.15) is 0 Å². The van der Waals surface area contributed by atoms with Crippen LogP contribution >= 0.6 is 0 Å². The number of para-hydroxylation sites is 2. The number of nitrogens with zero attached hydrogens (tertiary/aromatic N) is 2. The van der Waals surface area contributed by atoms with Crippen LogP contribution in [0.2, 0.25) is 0 Å². The lowest BCUT2D eigenvalue weighted by Gasteiger charge is -2.47. The third kappa shape index (κ3) is 8.05. The van der Waals surface area contributed by atoms with Gasteiger partial charge in [-0.3, -0.25) is 0 Å². The molecule has 17 rings (SSSR count). The van der Waals surface area contributed by atoms with E-state index in [-0.39, 0.29) is 61.9 Å². The molecule has 0 saturated heterocycles. The first-order valence-corrected chi connectivity index (χ1v) is 29.0. The van der Waals surface area contributed by atoms with Crippen LogP contribution in [0.5, 0.6) is 0 Å². The summed E-state index contributed by atoms with van der Waals surface area (Å²) in [6, 6.07) is 61.8. The third-order valence-electron chi connectivity index (χ3n) is 17.5. The van der Waals surface area contributed by atoms with Crippen LogP contribution in [0, 0.1) is 0 Å². The summed E-state index contributed by atoms with van der Waals surface area (Å²) in [4.78, 5) is 3.88. The van der Waals surface area contributed by atoms with Gasteiger partial charge in [0.25, 0.3) is 6.71 Å². The molecule has 3 aliphatic rings. The molecule has 0 atom stereocenters. The van der Waals surface area contributed by atoms with Crippen LogP contribution in [-0.4, -0.2) is 6.71 Å². The number of hydrogen-bond acceptors (Lipinski definition) is 2. The van der Waals surface area contributed by atoms with Gasteiger partial charge < -0.3 is 9.80 Å². The highest BCUT2D eigenvalue weighted by Crippen LogP contribution is 2.60. The Morgan fingerprint density at radius 3 is 1.09 bits per heavy atom. The fourth-order valence-electron chi connectivity index (χ4n) is 14.0. The fourth-order valence-corrected chi connectivity index (χ4v) is 14.0. The van der Waals surface area contributed by atoms with E-state index in [1.807, 2.05) is 137 Å². The van der Waals surface area contributed by atoms with Crippen molar-refractivity contribution in [3.05, 3.63) is 368 Å². The summed E-state index contributed by atoms with van der Waals surface area (Å²) in [5.41, 5.74) is 10.1. The molecule has 0 N–H and O–H groups in total. The van der Waals surface area contributed by atoms with Crippen molar-refractivity contribution in [3.63, 3.8) is 0 Å². The van der Waals surface area contributed by atoms with Gasteiger partial charge in [0, 0.05) is 45.0 Å². The molecule has 14 aromatic carbocycles. The Kier molecular flexibility index (Phi) is 8.44. The summed E-state index contributed by atoms with van der Waals surface area (Å²) in [7, 11) is 0. The van der Waals surface area contributed by atoms with E-state index in [1.165, 1.54) is 6.07 Å². The highest BCUT2D eigenvalue weighted by Gasteiger charge is 2.50. The summed E-state index contributed by atoms with van der Waals surface area (Å²) in [5.74, 6) is 0. The van der Waals surface area contributed by atoms with Gasteiger partial charge in [-0.25, -0.2) is 0 Å². The number of anilines is 6. The quantitative estimate of drug-likeness (QED) is 0.126. The molecule has 14 aromatic rings. The summed E-state index contributed by atoms with van der Waals surface area (Å²) in [6.07, 6.45) is 0. The highest BCUT2D eigenvalue weighted by molar-refractivity contribution is 7.00. The second kappa shape index (κ2) is 21.1. The molecule has 0 aromatic heterocycles. The largest absolute Gasteiger partial charge is 0.310 e. The van der Waals surface area contributed by atoms with Gasteiger partial charge >= 0.3 is 0 Å². The minimum atomic E-state index is -1.31.